The fourth-order valence-corrected chi connectivity index (χ4v) is 1.34. The highest BCUT2D eigenvalue weighted by Crippen LogP contribution is 2.30. The highest BCUT2D eigenvalue weighted by Gasteiger charge is 2.24. The van der Waals surface area contributed by atoms with Crippen LogP contribution in [-0.2, 0) is 6.54 Å². The second kappa shape index (κ2) is 3.69. The number of nitrogens with two attached hydrogens (primary N) is 1. The number of nitriles is 1. The normalized spacial score (nSPS) is 14.9. The molecule has 1 aromatic rings. The van der Waals surface area contributed by atoms with E-state index < -0.39 is 0 Å². The van der Waals surface area contributed by atoms with Gasteiger partial charge in [0, 0.05) is 6.54 Å². The monoisotopic (exact) mass is 188 g/mol. The molecule has 0 bridgehead atoms. The number of rotatable bonds is 3. The third-order valence-corrected chi connectivity index (χ3v) is 2.26. The van der Waals surface area contributed by atoms with Crippen molar-refractivity contribution < 1.29 is 4.74 Å². The molecule has 0 heterocycles. The van der Waals surface area contributed by atoms with Crippen LogP contribution in [0.15, 0.2) is 18.2 Å². The molecule has 3 heteroatoms. The third-order valence-electron chi connectivity index (χ3n) is 2.26. The maximum absolute atomic E-state index is 8.98. The van der Waals surface area contributed by atoms with Gasteiger partial charge in [-0.2, -0.15) is 5.26 Å². The molecular weight excluding hydrogens is 176 g/mol. The Labute approximate surface area is 83.1 Å². The van der Waals surface area contributed by atoms with Crippen molar-refractivity contribution in [2.45, 2.75) is 25.5 Å². The zero-order chi connectivity index (χ0) is 9.97. The number of ether oxygens (including phenoxy) is 1. The van der Waals surface area contributed by atoms with Gasteiger partial charge >= 0.3 is 0 Å². The summed E-state index contributed by atoms with van der Waals surface area (Å²) >= 11 is 0. The van der Waals surface area contributed by atoms with Gasteiger partial charge in [0.25, 0.3) is 0 Å². The first kappa shape index (κ1) is 9.04. The Bertz CT molecular complexity index is 377. The van der Waals surface area contributed by atoms with Crippen molar-refractivity contribution in [1.82, 2.24) is 0 Å². The van der Waals surface area contributed by atoms with Crippen molar-refractivity contribution >= 4 is 0 Å². The van der Waals surface area contributed by atoms with Gasteiger partial charge in [-0.05, 0) is 24.5 Å². The quantitative estimate of drug-likeness (QED) is 0.783. The molecule has 72 valence electrons. The lowest BCUT2D eigenvalue weighted by atomic mass is 10.1. The summed E-state index contributed by atoms with van der Waals surface area (Å²) < 4.78 is 5.61. The average Bonchev–Trinajstić information content (AvgIpc) is 3.01. The van der Waals surface area contributed by atoms with Crippen molar-refractivity contribution in [3.8, 4) is 11.8 Å². The van der Waals surface area contributed by atoms with Crippen LogP contribution >= 0.6 is 0 Å². The van der Waals surface area contributed by atoms with Gasteiger partial charge in [-0.1, -0.05) is 12.1 Å². The summed E-state index contributed by atoms with van der Waals surface area (Å²) in [5, 5.41) is 8.98. The van der Waals surface area contributed by atoms with Crippen LogP contribution < -0.4 is 10.5 Å². The summed E-state index contributed by atoms with van der Waals surface area (Å²) in [7, 11) is 0. The Morgan fingerprint density at radius 1 is 1.50 bits per heavy atom. The van der Waals surface area contributed by atoms with Crippen LogP contribution in [-0.4, -0.2) is 6.10 Å². The van der Waals surface area contributed by atoms with E-state index >= 15 is 0 Å². The van der Waals surface area contributed by atoms with Crippen LogP contribution in [0.4, 0.5) is 0 Å². The van der Waals surface area contributed by atoms with E-state index in [-0.39, 0.29) is 0 Å². The molecule has 0 unspecified atom stereocenters. The maximum Gasteiger partial charge on any atom is 0.137 e. The van der Waals surface area contributed by atoms with Crippen LogP contribution in [0.5, 0.6) is 5.75 Å². The predicted molar refractivity (Wildman–Crippen MR) is 52.7 cm³/mol. The molecule has 0 saturated heterocycles. The Hall–Kier alpha value is -1.53. The molecule has 2 N–H and O–H groups in total. The third kappa shape index (κ3) is 1.70. The Balaban J connectivity index is 2.32. The second-order valence-electron chi connectivity index (χ2n) is 3.42. The van der Waals surface area contributed by atoms with E-state index in [1.54, 1.807) is 0 Å². The topological polar surface area (TPSA) is 59.0 Å². The van der Waals surface area contributed by atoms with E-state index in [0.29, 0.717) is 24.0 Å². The van der Waals surface area contributed by atoms with Crippen molar-refractivity contribution in [2.75, 3.05) is 0 Å². The van der Waals surface area contributed by atoms with Gasteiger partial charge in [0.15, 0.2) is 0 Å². The molecule has 14 heavy (non-hydrogen) atoms. The van der Waals surface area contributed by atoms with E-state index in [9.17, 15) is 0 Å². The van der Waals surface area contributed by atoms with Crippen LogP contribution in [0, 0.1) is 11.3 Å². The first-order chi connectivity index (χ1) is 6.85. The largest absolute Gasteiger partial charge is 0.489 e. The van der Waals surface area contributed by atoms with Gasteiger partial charge in [-0.25, -0.2) is 0 Å². The number of hydrogen-bond donors (Lipinski definition) is 1. The van der Waals surface area contributed by atoms with Gasteiger partial charge in [0.05, 0.1) is 11.7 Å². The van der Waals surface area contributed by atoms with Crippen molar-refractivity contribution in [1.29, 1.82) is 5.26 Å². The minimum absolute atomic E-state index is 0.315. The van der Waals surface area contributed by atoms with E-state index in [2.05, 4.69) is 6.07 Å². The summed E-state index contributed by atoms with van der Waals surface area (Å²) in [6.07, 6.45) is 2.50. The Morgan fingerprint density at radius 2 is 2.29 bits per heavy atom. The second-order valence-corrected chi connectivity index (χ2v) is 3.42. The molecule has 1 aliphatic rings. The molecule has 1 fully saturated rings. The zero-order valence-corrected chi connectivity index (χ0v) is 7.86. The zero-order valence-electron chi connectivity index (χ0n) is 7.86. The van der Waals surface area contributed by atoms with Crippen molar-refractivity contribution in [2.24, 2.45) is 5.73 Å². The van der Waals surface area contributed by atoms with Crippen molar-refractivity contribution in [3.05, 3.63) is 29.3 Å². The van der Waals surface area contributed by atoms with E-state index in [1.165, 1.54) is 0 Å². The number of hydrogen-bond acceptors (Lipinski definition) is 3. The van der Waals surface area contributed by atoms with E-state index in [1.807, 2.05) is 18.2 Å². The van der Waals surface area contributed by atoms with Gasteiger partial charge in [0.2, 0.25) is 0 Å². The number of nitrogens with zero attached hydrogens (tertiary/aromatic N) is 1. The molecule has 1 aliphatic carbocycles. The lowest BCUT2D eigenvalue weighted by Gasteiger charge is -2.08. The van der Waals surface area contributed by atoms with Gasteiger partial charge in [0.1, 0.15) is 11.8 Å². The molecule has 0 aliphatic heterocycles. The van der Waals surface area contributed by atoms with E-state index in [4.69, 9.17) is 15.7 Å². The van der Waals surface area contributed by atoms with Crippen LogP contribution in [0.1, 0.15) is 24.0 Å². The fourth-order valence-electron chi connectivity index (χ4n) is 1.34. The fraction of sp³-hybridized carbons (Fsp3) is 0.364. The average molecular weight is 188 g/mol. The number of benzene rings is 1. The molecule has 0 aromatic heterocycles. The lowest BCUT2D eigenvalue weighted by Crippen LogP contribution is -2.03. The SMILES string of the molecule is N#Cc1c(CN)cccc1OC1CC1. The maximum atomic E-state index is 8.98. The minimum Gasteiger partial charge on any atom is -0.489 e. The summed E-state index contributed by atoms with van der Waals surface area (Å²) in [6, 6.07) is 7.71. The van der Waals surface area contributed by atoms with Gasteiger partial charge < -0.3 is 10.5 Å². The summed E-state index contributed by atoms with van der Waals surface area (Å²) in [4.78, 5) is 0. The van der Waals surface area contributed by atoms with Gasteiger partial charge in [-0.15, -0.1) is 0 Å². The smallest absolute Gasteiger partial charge is 0.137 e. The molecule has 2 rings (SSSR count). The summed E-state index contributed by atoms with van der Waals surface area (Å²) in [6.45, 7) is 0.380. The Morgan fingerprint density at radius 3 is 2.86 bits per heavy atom. The highest BCUT2D eigenvalue weighted by atomic mass is 16.5. The van der Waals surface area contributed by atoms with Crippen molar-refractivity contribution in [3.63, 3.8) is 0 Å². The van der Waals surface area contributed by atoms with Crippen LogP contribution in [0.2, 0.25) is 0 Å². The summed E-state index contributed by atoms with van der Waals surface area (Å²) in [5.41, 5.74) is 6.97. The first-order valence-electron chi connectivity index (χ1n) is 4.74. The highest BCUT2D eigenvalue weighted by molar-refractivity contribution is 5.48. The molecule has 0 amide bonds. The minimum atomic E-state index is 0.315. The van der Waals surface area contributed by atoms with Crippen LogP contribution in [0.3, 0.4) is 0 Å². The molecule has 1 saturated carbocycles. The molecule has 1 aromatic carbocycles. The molecule has 0 radical (unpaired) electrons. The summed E-state index contributed by atoms with van der Waals surface area (Å²) in [5.74, 6) is 0.679. The van der Waals surface area contributed by atoms with Crippen LogP contribution in [0.25, 0.3) is 0 Å². The molecule has 0 spiro atoms. The Kier molecular flexibility index (Phi) is 2.38. The van der Waals surface area contributed by atoms with E-state index in [0.717, 1.165) is 18.4 Å². The van der Waals surface area contributed by atoms with Gasteiger partial charge in [-0.3, -0.25) is 0 Å². The predicted octanol–water partition coefficient (Wildman–Crippen LogP) is 1.56. The standard InChI is InChI=1S/C11H12N2O/c12-6-8-2-1-3-11(10(8)7-13)14-9-4-5-9/h1-3,9H,4-6,12H2. The molecule has 0 atom stereocenters. The lowest BCUT2D eigenvalue weighted by molar-refractivity contribution is 0.302. The molecule has 3 nitrogen and oxygen atoms in total. The first-order valence-corrected chi connectivity index (χ1v) is 4.74. The molecular formula is C11H12N2O.